The van der Waals surface area contributed by atoms with Gasteiger partial charge in [0, 0.05) is 58.1 Å². The predicted octanol–water partition coefficient (Wildman–Crippen LogP) is 1.33. The van der Waals surface area contributed by atoms with E-state index in [9.17, 15) is 18.0 Å². The van der Waals surface area contributed by atoms with Gasteiger partial charge >= 0.3 is 5.69 Å². The maximum Gasteiger partial charge on any atom is 0.331 e. The Morgan fingerprint density at radius 2 is 1.68 bits per heavy atom. The number of furan rings is 1. The number of hydrogen-bond donors (Lipinski definition) is 1. The van der Waals surface area contributed by atoms with Crippen molar-refractivity contribution >= 4 is 21.1 Å². The number of nitrogens with zero attached hydrogens (tertiary/aromatic N) is 4. The highest BCUT2D eigenvalue weighted by atomic mass is 32.2. The maximum absolute atomic E-state index is 13.2. The average molecular weight is 484 g/mol. The Morgan fingerprint density at radius 1 is 0.971 bits per heavy atom. The summed E-state index contributed by atoms with van der Waals surface area (Å²) in [6, 6.07) is 10.2. The number of aryl methyl sites for hydroxylation is 1. The van der Waals surface area contributed by atoms with Gasteiger partial charge in [-0.05, 0) is 29.8 Å². The molecule has 1 aliphatic heterocycles. The van der Waals surface area contributed by atoms with Crippen LogP contribution >= 0.6 is 0 Å². The minimum atomic E-state index is -3.62. The molecule has 34 heavy (non-hydrogen) atoms. The summed E-state index contributed by atoms with van der Waals surface area (Å²) in [5, 5.41) is 0. The lowest BCUT2D eigenvalue weighted by Crippen LogP contribution is -2.48. The standard InChI is InChI=1S/C23H25N5O5S/c1-25-20-13-19(24-21(20)22(29)26(2)23(25)30)17-3-5-18(6-4-17)34(31,32)28-10-8-27(9-11-28)14-16-7-12-33-15-16/h3-7,12-13,15,24H,8-11,14H2,1-2H3. The molecule has 0 aliphatic carbocycles. The fraction of sp³-hybridized carbons (Fsp3) is 0.304. The summed E-state index contributed by atoms with van der Waals surface area (Å²) < 4.78 is 35.4. The molecule has 1 saturated heterocycles. The number of aromatic amines is 1. The third kappa shape index (κ3) is 3.81. The summed E-state index contributed by atoms with van der Waals surface area (Å²) in [6.07, 6.45) is 3.34. The molecule has 4 aromatic rings. The van der Waals surface area contributed by atoms with Gasteiger partial charge in [-0.2, -0.15) is 4.31 Å². The summed E-state index contributed by atoms with van der Waals surface area (Å²) >= 11 is 0. The number of rotatable bonds is 5. The zero-order valence-electron chi connectivity index (χ0n) is 18.9. The van der Waals surface area contributed by atoms with Crippen molar-refractivity contribution in [2.75, 3.05) is 26.2 Å². The lowest BCUT2D eigenvalue weighted by Gasteiger charge is -2.33. The van der Waals surface area contributed by atoms with E-state index in [0.29, 0.717) is 42.9 Å². The van der Waals surface area contributed by atoms with Gasteiger partial charge in [0.1, 0.15) is 5.52 Å². The van der Waals surface area contributed by atoms with E-state index in [1.54, 1.807) is 49.9 Å². The molecule has 10 nitrogen and oxygen atoms in total. The monoisotopic (exact) mass is 483 g/mol. The Balaban J connectivity index is 1.35. The molecule has 1 aromatic carbocycles. The van der Waals surface area contributed by atoms with Crippen LogP contribution in [0.3, 0.4) is 0 Å². The van der Waals surface area contributed by atoms with Crippen LogP contribution in [-0.2, 0) is 30.7 Å². The molecule has 0 saturated carbocycles. The molecule has 5 rings (SSSR count). The van der Waals surface area contributed by atoms with Crippen LogP contribution in [0.2, 0.25) is 0 Å². The van der Waals surface area contributed by atoms with Crippen molar-refractivity contribution in [3.05, 3.63) is 75.3 Å². The smallest absolute Gasteiger partial charge is 0.331 e. The normalized spacial score (nSPS) is 15.8. The molecule has 0 unspecified atom stereocenters. The van der Waals surface area contributed by atoms with E-state index >= 15 is 0 Å². The van der Waals surface area contributed by atoms with Crippen molar-refractivity contribution in [2.45, 2.75) is 11.4 Å². The van der Waals surface area contributed by atoms with E-state index in [1.807, 2.05) is 6.07 Å². The molecule has 0 spiro atoms. The van der Waals surface area contributed by atoms with Crippen molar-refractivity contribution in [3.63, 3.8) is 0 Å². The number of H-pyrrole nitrogens is 1. The highest BCUT2D eigenvalue weighted by molar-refractivity contribution is 7.89. The second-order valence-corrected chi connectivity index (χ2v) is 10.4. The lowest BCUT2D eigenvalue weighted by atomic mass is 10.1. The van der Waals surface area contributed by atoms with Crippen LogP contribution in [0.15, 0.2) is 67.8 Å². The number of benzene rings is 1. The first kappa shape index (κ1) is 22.4. The highest BCUT2D eigenvalue weighted by Crippen LogP contribution is 2.25. The average Bonchev–Trinajstić information content (AvgIpc) is 3.52. The molecule has 178 valence electrons. The topological polar surface area (TPSA) is 114 Å². The van der Waals surface area contributed by atoms with Gasteiger partial charge in [-0.3, -0.25) is 18.8 Å². The first-order chi connectivity index (χ1) is 16.3. The van der Waals surface area contributed by atoms with Crippen molar-refractivity contribution in [3.8, 4) is 11.3 Å². The fourth-order valence-electron chi connectivity index (χ4n) is 4.33. The van der Waals surface area contributed by atoms with Crippen molar-refractivity contribution < 1.29 is 12.8 Å². The third-order valence-corrected chi connectivity index (χ3v) is 8.28. The van der Waals surface area contributed by atoms with Gasteiger partial charge < -0.3 is 9.40 Å². The van der Waals surface area contributed by atoms with E-state index in [0.717, 1.165) is 22.2 Å². The lowest BCUT2D eigenvalue weighted by molar-refractivity contribution is 0.181. The molecular formula is C23H25N5O5S. The Bertz CT molecular complexity index is 1550. The molecule has 0 bridgehead atoms. The molecule has 0 amide bonds. The summed E-state index contributed by atoms with van der Waals surface area (Å²) in [5.74, 6) is 0. The summed E-state index contributed by atoms with van der Waals surface area (Å²) in [4.78, 5) is 30.1. The van der Waals surface area contributed by atoms with Gasteiger partial charge in [0.2, 0.25) is 10.0 Å². The minimum Gasteiger partial charge on any atom is -0.472 e. The van der Waals surface area contributed by atoms with Crippen LogP contribution in [0.25, 0.3) is 22.3 Å². The first-order valence-corrected chi connectivity index (χ1v) is 12.3. The maximum atomic E-state index is 13.2. The number of nitrogens with one attached hydrogen (secondary N) is 1. The fourth-order valence-corrected chi connectivity index (χ4v) is 5.76. The Kier molecular flexibility index (Phi) is 5.54. The molecule has 0 radical (unpaired) electrons. The third-order valence-electron chi connectivity index (χ3n) is 6.37. The Hall–Kier alpha value is -3.41. The molecule has 1 N–H and O–H groups in total. The second kappa shape index (κ2) is 8.42. The van der Waals surface area contributed by atoms with Crippen molar-refractivity contribution in [1.29, 1.82) is 0 Å². The summed E-state index contributed by atoms with van der Waals surface area (Å²) in [7, 11) is -0.581. The van der Waals surface area contributed by atoms with Gasteiger partial charge in [0.15, 0.2) is 0 Å². The number of fused-ring (bicyclic) bond motifs is 1. The molecule has 1 fully saturated rings. The van der Waals surface area contributed by atoms with E-state index in [-0.39, 0.29) is 4.90 Å². The van der Waals surface area contributed by atoms with Crippen molar-refractivity contribution in [2.24, 2.45) is 14.1 Å². The molecule has 1 aliphatic rings. The molecular weight excluding hydrogens is 458 g/mol. The van der Waals surface area contributed by atoms with Crippen LogP contribution in [0.4, 0.5) is 0 Å². The molecule has 4 heterocycles. The van der Waals surface area contributed by atoms with Crippen LogP contribution < -0.4 is 11.2 Å². The number of aromatic nitrogens is 3. The predicted molar refractivity (Wildman–Crippen MR) is 127 cm³/mol. The van der Waals surface area contributed by atoms with Crippen molar-refractivity contribution in [1.82, 2.24) is 23.3 Å². The van der Waals surface area contributed by atoms with Crippen LogP contribution in [-0.4, -0.2) is 57.9 Å². The van der Waals surface area contributed by atoms with E-state index in [2.05, 4.69) is 9.88 Å². The van der Waals surface area contributed by atoms with Gasteiger partial charge in [-0.1, -0.05) is 12.1 Å². The summed E-state index contributed by atoms with van der Waals surface area (Å²) in [6.45, 7) is 2.86. The van der Waals surface area contributed by atoms with Gasteiger partial charge in [0.25, 0.3) is 5.56 Å². The summed E-state index contributed by atoms with van der Waals surface area (Å²) in [5.41, 5.74) is 2.42. The first-order valence-electron chi connectivity index (χ1n) is 10.9. The highest BCUT2D eigenvalue weighted by Gasteiger charge is 2.28. The molecule has 3 aromatic heterocycles. The zero-order valence-corrected chi connectivity index (χ0v) is 19.7. The Morgan fingerprint density at radius 3 is 2.32 bits per heavy atom. The number of sulfonamides is 1. The SMILES string of the molecule is Cn1c(=O)c2[nH]c(-c3ccc(S(=O)(=O)N4CCN(Cc5ccoc5)CC4)cc3)cc2n(C)c1=O. The van der Waals surface area contributed by atoms with Gasteiger partial charge in [-0.25, -0.2) is 13.2 Å². The van der Waals surface area contributed by atoms with Gasteiger partial charge in [-0.15, -0.1) is 0 Å². The molecule has 11 heteroatoms. The quantitative estimate of drug-likeness (QED) is 0.458. The minimum absolute atomic E-state index is 0.221. The zero-order chi connectivity index (χ0) is 24.0. The van der Waals surface area contributed by atoms with E-state index in [1.165, 1.54) is 15.9 Å². The number of hydrogen-bond acceptors (Lipinski definition) is 6. The largest absolute Gasteiger partial charge is 0.472 e. The van der Waals surface area contributed by atoms with Crippen LogP contribution in [0.1, 0.15) is 5.56 Å². The molecule has 0 atom stereocenters. The second-order valence-electron chi connectivity index (χ2n) is 8.49. The van der Waals surface area contributed by atoms with Gasteiger partial charge in [0.05, 0.1) is 22.9 Å². The van der Waals surface area contributed by atoms with Crippen LogP contribution in [0.5, 0.6) is 0 Å². The van der Waals surface area contributed by atoms with E-state index < -0.39 is 21.3 Å². The van der Waals surface area contributed by atoms with E-state index in [4.69, 9.17) is 4.42 Å². The van der Waals surface area contributed by atoms with Crippen LogP contribution in [0, 0.1) is 0 Å². The Labute approximate surface area is 195 Å². The number of piperazine rings is 1.